The molecule has 1 heterocycles. The van der Waals surface area contributed by atoms with E-state index in [1.807, 2.05) is 12.1 Å². The number of ether oxygens (including phenoxy) is 4. The van der Waals surface area contributed by atoms with E-state index >= 15 is 0 Å². The Bertz CT molecular complexity index is 907. The summed E-state index contributed by atoms with van der Waals surface area (Å²) < 4.78 is 21.5. The minimum absolute atomic E-state index is 0.176. The number of benzene rings is 2. The number of amides is 1. The highest BCUT2D eigenvalue weighted by atomic mass is 16.5. The van der Waals surface area contributed by atoms with Crippen LogP contribution in [0.2, 0.25) is 0 Å². The Morgan fingerprint density at radius 2 is 1.65 bits per heavy atom. The highest BCUT2D eigenvalue weighted by Gasteiger charge is 2.16. The molecule has 7 nitrogen and oxygen atoms in total. The maximum absolute atomic E-state index is 12.5. The summed E-state index contributed by atoms with van der Waals surface area (Å²) in [4.78, 5) is 14.0. The quantitative estimate of drug-likeness (QED) is 0.593. The minimum Gasteiger partial charge on any atom is -0.496 e. The molecule has 0 radical (unpaired) electrons. The summed E-state index contributed by atoms with van der Waals surface area (Å²) in [6.45, 7) is 5.05. The first-order valence-electron chi connectivity index (χ1n) is 10.4. The molecule has 1 amide bonds. The second kappa shape index (κ2) is 11.4. The lowest BCUT2D eigenvalue weighted by atomic mass is 10.1. The lowest BCUT2D eigenvalue weighted by Gasteiger charge is -2.24. The van der Waals surface area contributed by atoms with Crippen LogP contribution in [0.1, 0.15) is 16.7 Å². The summed E-state index contributed by atoms with van der Waals surface area (Å²) >= 11 is 0. The number of hydrogen-bond donors (Lipinski definition) is 2. The fraction of sp³-hybridized carbons (Fsp3) is 0.375. The van der Waals surface area contributed by atoms with Crippen molar-refractivity contribution in [2.75, 3.05) is 47.6 Å². The number of hydrogen-bond acceptors (Lipinski definition) is 5. The molecule has 2 aromatic rings. The molecule has 31 heavy (non-hydrogen) atoms. The summed E-state index contributed by atoms with van der Waals surface area (Å²) in [6, 6.07) is 11.8. The number of methoxy groups -OCH3 is 3. The zero-order valence-electron chi connectivity index (χ0n) is 18.4. The predicted molar refractivity (Wildman–Crippen MR) is 119 cm³/mol. The second-order valence-electron chi connectivity index (χ2n) is 7.31. The molecule has 1 saturated heterocycles. The molecule has 0 atom stereocenters. The van der Waals surface area contributed by atoms with E-state index in [1.54, 1.807) is 39.5 Å². The predicted octanol–water partition coefficient (Wildman–Crippen LogP) is 1.46. The fourth-order valence-electron chi connectivity index (χ4n) is 3.60. The Morgan fingerprint density at radius 3 is 2.32 bits per heavy atom. The van der Waals surface area contributed by atoms with Crippen LogP contribution in [-0.2, 0) is 22.6 Å². The van der Waals surface area contributed by atoms with Gasteiger partial charge >= 0.3 is 0 Å². The molecular formula is C24H31N2O5+. The van der Waals surface area contributed by atoms with Crippen LogP contribution in [0.15, 0.2) is 42.5 Å². The third-order valence-corrected chi connectivity index (χ3v) is 5.36. The van der Waals surface area contributed by atoms with Crippen molar-refractivity contribution < 1.29 is 28.6 Å². The van der Waals surface area contributed by atoms with Gasteiger partial charge in [0.05, 0.1) is 34.5 Å². The van der Waals surface area contributed by atoms with Gasteiger partial charge in [-0.3, -0.25) is 4.79 Å². The van der Waals surface area contributed by atoms with Crippen LogP contribution in [0.3, 0.4) is 0 Å². The molecule has 1 aliphatic heterocycles. The van der Waals surface area contributed by atoms with Crippen molar-refractivity contribution in [1.82, 2.24) is 5.32 Å². The van der Waals surface area contributed by atoms with Gasteiger partial charge in [0.25, 0.3) is 0 Å². The number of carbonyl (C=O) groups is 1. The number of carbonyl (C=O) groups excluding carboxylic acids is 1. The summed E-state index contributed by atoms with van der Waals surface area (Å²) in [7, 11) is 4.71. The van der Waals surface area contributed by atoms with Gasteiger partial charge < -0.3 is 29.2 Å². The maximum atomic E-state index is 12.5. The average Bonchev–Trinajstić information content (AvgIpc) is 2.82. The first kappa shape index (κ1) is 22.7. The second-order valence-corrected chi connectivity index (χ2v) is 7.31. The highest BCUT2D eigenvalue weighted by molar-refractivity contribution is 5.92. The third-order valence-electron chi connectivity index (χ3n) is 5.36. The molecule has 0 aromatic heterocycles. The molecule has 0 unspecified atom stereocenters. The van der Waals surface area contributed by atoms with Crippen LogP contribution >= 0.6 is 0 Å². The van der Waals surface area contributed by atoms with Gasteiger partial charge in [0, 0.05) is 29.8 Å². The standard InChI is InChI=1S/C24H30N2O5/c1-28-21-15-23(30-3)22(29-2)14-18(21)8-9-24(27)25-16-19-6-4-5-7-20(19)17-26-10-12-31-13-11-26/h4-9,14-15H,10-13,16-17H2,1-3H3,(H,25,27)/p+1/b9-8+. The van der Waals surface area contributed by atoms with Crippen LogP contribution in [0.25, 0.3) is 6.08 Å². The molecule has 2 N–H and O–H groups in total. The summed E-state index contributed by atoms with van der Waals surface area (Å²) in [5, 5.41) is 2.98. The Kier molecular flexibility index (Phi) is 8.32. The summed E-state index contributed by atoms with van der Waals surface area (Å²) in [6.07, 6.45) is 3.21. The van der Waals surface area contributed by atoms with Crippen LogP contribution in [-0.4, -0.2) is 53.5 Å². The molecule has 166 valence electrons. The number of quaternary nitrogens is 1. The highest BCUT2D eigenvalue weighted by Crippen LogP contribution is 2.35. The van der Waals surface area contributed by atoms with E-state index in [0.29, 0.717) is 23.8 Å². The van der Waals surface area contributed by atoms with Crippen molar-refractivity contribution in [2.45, 2.75) is 13.1 Å². The third kappa shape index (κ3) is 6.23. The summed E-state index contributed by atoms with van der Waals surface area (Å²) in [5.41, 5.74) is 3.11. The van der Waals surface area contributed by atoms with Gasteiger partial charge in [-0.15, -0.1) is 0 Å². The number of nitrogens with one attached hydrogen (secondary N) is 2. The molecule has 0 aliphatic carbocycles. The monoisotopic (exact) mass is 427 g/mol. The van der Waals surface area contributed by atoms with Gasteiger partial charge in [0.15, 0.2) is 11.5 Å². The van der Waals surface area contributed by atoms with Gasteiger partial charge in [-0.2, -0.15) is 0 Å². The van der Waals surface area contributed by atoms with Crippen molar-refractivity contribution in [1.29, 1.82) is 0 Å². The van der Waals surface area contributed by atoms with Crippen molar-refractivity contribution in [3.05, 3.63) is 59.2 Å². The lowest BCUT2D eigenvalue weighted by Crippen LogP contribution is -3.12. The normalized spacial score (nSPS) is 14.4. The van der Waals surface area contributed by atoms with E-state index in [0.717, 1.165) is 44.0 Å². The molecule has 0 saturated carbocycles. The Balaban J connectivity index is 1.64. The zero-order chi connectivity index (χ0) is 22.1. The van der Waals surface area contributed by atoms with Crippen LogP contribution < -0.4 is 24.4 Å². The minimum atomic E-state index is -0.176. The van der Waals surface area contributed by atoms with E-state index in [1.165, 1.54) is 16.5 Å². The fourth-order valence-corrected chi connectivity index (χ4v) is 3.60. The van der Waals surface area contributed by atoms with Crippen molar-refractivity contribution >= 4 is 12.0 Å². The van der Waals surface area contributed by atoms with Crippen LogP contribution in [0, 0.1) is 0 Å². The first-order valence-corrected chi connectivity index (χ1v) is 10.4. The molecule has 1 fully saturated rings. The van der Waals surface area contributed by atoms with E-state index in [4.69, 9.17) is 18.9 Å². The largest absolute Gasteiger partial charge is 0.496 e. The van der Waals surface area contributed by atoms with Gasteiger partial charge in [-0.1, -0.05) is 24.3 Å². The lowest BCUT2D eigenvalue weighted by molar-refractivity contribution is -0.921. The smallest absolute Gasteiger partial charge is 0.244 e. The van der Waals surface area contributed by atoms with E-state index in [2.05, 4.69) is 17.4 Å². The number of morpholine rings is 1. The molecule has 7 heteroatoms. The van der Waals surface area contributed by atoms with Gasteiger partial charge in [0.1, 0.15) is 25.4 Å². The number of rotatable bonds is 9. The van der Waals surface area contributed by atoms with Crippen LogP contribution in [0.4, 0.5) is 0 Å². The molecule has 2 aromatic carbocycles. The molecule has 0 spiro atoms. The van der Waals surface area contributed by atoms with Gasteiger partial charge in [0.2, 0.25) is 5.91 Å². The first-order chi connectivity index (χ1) is 15.1. The van der Waals surface area contributed by atoms with E-state index < -0.39 is 0 Å². The molecule has 3 rings (SSSR count). The maximum Gasteiger partial charge on any atom is 0.244 e. The van der Waals surface area contributed by atoms with Crippen molar-refractivity contribution in [3.63, 3.8) is 0 Å². The topological polar surface area (TPSA) is 70.5 Å². The zero-order valence-corrected chi connectivity index (χ0v) is 18.4. The van der Waals surface area contributed by atoms with Crippen LogP contribution in [0.5, 0.6) is 17.2 Å². The Hall–Kier alpha value is -3.03. The van der Waals surface area contributed by atoms with E-state index in [9.17, 15) is 4.79 Å². The van der Waals surface area contributed by atoms with Gasteiger partial charge in [-0.25, -0.2) is 0 Å². The molecular weight excluding hydrogens is 396 g/mol. The van der Waals surface area contributed by atoms with E-state index in [-0.39, 0.29) is 5.91 Å². The molecule has 0 bridgehead atoms. The Labute approximate surface area is 183 Å². The summed E-state index contributed by atoms with van der Waals surface area (Å²) in [5.74, 6) is 1.56. The van der Waals surface area contributed by atoms with Gasteiger partial charge in [-0.05, 0) is 17.7 Å². The van der Waals surface area contributed by atoms with Crippen molar-refractivity contribution in [3.8, 4) is 17.2 Å². The Morgan fingerprint density at radius 1 is 1.00 bits per heavy atom. The average molecular weight is 428 g/mol. The SMILES string of the molecule is COc1cc(OC)c(OC)cc1/C=C/C(=O)NCc1ccccc1C[NH+]1CCOCC1. The molecule has 1 aliphatic rings. The van der Waals surface area contributed by atoms with Crippen molar-refractivity contribution in [2.24, 2.45) is 0 Å².